The highest BCUT2D eigenvalue weighted by molar-refractivity contribution is 5.74. The van der Waals surface area contributed by atoms with E-state index in [0.717, 1.165) is 11.3 Å². The lowest BCUT2D eigenvalue weighted by atomic mass is 10.2. The van der Waals surface area contributed by atoms with Gasteiger partial charge in [-0.3, -0.25) is 0 Å². The van der Waals surface area contributed by atoms with E-state index in [-0.39, 0.29) is 6.03 Å². The molecule has 0 fully saturated rings. The van der Waals surface area contributed by atoms with Gasteiger partial charge in [-0.05, 0) is 24.6 Å². The average molecular weight is 295 g/mol. The summed E-state index contributed by atoms with van der Waals surface area (Å²) < 4.78 is 9.74. The zero-order valence-electron chi connectivity index (χ0n) is 12.3. The van der Waals surface area contributed by atoms with Crippen molar-refractivity contribution in [1.82, 2.24) is 16.0 Å². The summed E-state index contributed by atoms with van der Waals surface area (Å²) in [6.07, 6.45) is -0.488. The number of benzene rings is 1. The van der Waals surface area contributed by atoms with Crippen LogP contribution < -0.4 is 20.7 Å². The smallest absolute Gasteiger partial charge is 0.407 e. The largest absolute Gasteiger partial charge is 0.497 e. The number of alkyl carbamates (subject to hydrolysis) is 1. The second-order valence-corrected chi connectivity index (χ2v) is 4.10. The molecule has 0 saturated carbocycles. The van der Waals surface area contributed by atoms with E-state index >= 15 is 0 Å². The summed E-state index contributed by atoms with van der Waals surface area (Å²) in [7, 11) is 1.60. The number of rotatable bonds is 7. The number of carbonyl (C=O) groups is 2. The molecular formula is C14H21N3O4. The van der Waals surface area contributed by atoms with Crippen LogP contribution in [0.15, 0.2) is 24.3 Å². The monoisotopic (exact) mass is 295 g/mol. The number of nitrogens with one attached hydrogen (secondary N) is 3. The third kappa shape index (κ3) is 7.05. The molecule has 7 nitrogen and oxygen atoms in total. The van der Waals surface area contributed by atoms with Crippen LogP contribution in [0.2, 0.25) is 0 Å². The lowest BCUT2D eigenvalue weighted by Crippen LogP contribution is -2.40. The van der Waals surface area contributed by atoms with Crippen molar-refractivity contribution < 1.29 is 19.1 Å². The summed E-state index contributed by atoms with van der Waals surface area (Å²) in [5.41, 5.74) is 0.968. The molecule has 21 heavy (non-hydrogen) atoms. The molecule has 0 atom stereocenters. The molecule has 7 heteroatoms. The van der Waals surface area contributed by atoms with E-state index < -0.39 is 6.09 Å². The second-order valence-electron chi connectivity index (χ2n) is 4.10. The molecular weight excluding hydrogens is 274 g/mol. The van der Waals surface area contributed by atoms with Crippen LogP contribution >= 0.6 is 0 Å². The van der Waals surface area contributed by atoms with Crippen molar-refractivity contribution in [3.8, 4) is 5.75 Å². The molecule has 3 amide bonds. The summed E-state index contributed by atoms with van der Waals surface area (Å²) >= 11 is 0. The fourth-order valence-electron chi connectivity index (χ4n) is 1.51. The van der Waals surface area contributed by atoms with Gasteiger partial charge < -0.3 is 25.4 Å². The second kappa shape index (κ2) is 9.46. The van der Waals surface area contributed by atoms with Gasteiger partial charge in [0.1, 0.15) is 5.75 Å². The Labute approximate surface area is 124 Å². The fraction of sp³-hybridized carbons (Fsp3) is 0.429. The molecule has 0 aliphatic rings. The molecule has 3 N–H and O–H groups in total. The highest BCUT2D eigenvalue weighted by atomic mass is 16.5. The van der Waals surface area contributed by atoms with Gasteiger partial charge in [-0.25, -0.2) is 9.59 Å². The SMILES string of the molecule is CCOC(=O)NCCNC(=O)NCc1ccc(OC)cc1. The lowest BCUT2D eigenvalue weighted by Gasteiger charge is -2.09. The highest BCUT2D eigenvalue weighted by Crippen LogP contribution is 2.10. The Bertz CT molecular complexity index is 448. The van der Waals surface area contributed by atoms with E-state index in [1.165, 1.54) is 0 Å². The Morgan fingerprint density at radius 2 is 1.71 bits per heavy atom. The first-order valence-electron chi connectivity index (χ1n) is 6.71. The van der Waals surface area contributed by atoms with Crippen LogP contribution in [0.25, 0.3) is 0 Å². The quantitative estimate of drug-likeness (QED) is 0.660. The molecule has 1 rings (SSSR count). The van der Waals surface area contributed by atoms with E-state index in [1.807, 2.05) is 24.3 Å². The number of carbonyl (C=O) groups excluding carboxylic acids is 2. The maximum absolute atomic E-state index is 11.5. The summed E-state index contributed by atoms with van der Waals surface area (Å²) in [6, 6.07) is 7.12. The Morgan fingerprint density at radius 1 is 1.05 bits per heavy atom. The van der Waals surface area contributed by atoms with Crippen LogP contribution in [0.4, 0.5) is 9.59 Å². The number of hydrogen-bond acceptors (Lipinski definition) is 4. The van der Waals surface area contributed by atoms with Crippen LogP contribution in [-0.4, -0.2) is 38.9 Å². The van der Waals surface area contributed by atoms with Gasteiger partial charge in [0, 0.05) is 19.6 Å². The van der Waals surface area contributed by atoms with Gasteiger partial charge >= 0.3 is 12.1 Å². The van der Waals surface area contributed by atoms with Crippen molar-refractivity contribution in [3.05, 3.63) is 29.8 Å². The normalized spacial score (nSPS) is 9.62. The summed E-state index contributed by atoms with van der Waals surface area (Å²) in [5, 5.41) is 7.85. The Kier molecular flexibility index (Phi) is 7.49. The number of hydrogen-bond donors (Lipinski definition) is 3. The molecule has 0 spiro atoms. The van der Waals surface area contributed by atoms with Crippen LogP contribution in [0.5, 0.6) is 5.75 Å². The lowest BCUT2D eigenvalue weighted by molar-refractivity contribution is 0.152. The summed E-state index contributed by atoms with van der Waals surface area (Å²) in [4.78, 5) is 22.5. The van der Waals surface area contributed by atoms with E-state index in [9.17, 15) is 9.59 Å². The topological polar surface area (TPSA) is 88.7 Å². The Balaban J connectivity index is 2.14. The van der Waals surface area contributed by atoms with Crippen molar-refractivity contribution in [2.45, 2.75) is 13.5 Å². The summed E-state index contributed by atoms with van der Waals surface area (Å²) in [5.74, 6) is 0.772. The highest BCUT2D eigenvalue weighted by Gasteiger charge is 2.02. The predicted molar refractivity (Wildman–Crippen MR) is 78.3 cm³/mol. The minimum absolute atomic E-state index is 0.295. The molecule has 1 aromatic carbocycles. The molecule has 0 aromatic heterocycles. The first kappa shape index (κ1) is 16.6. The molecule has 116 valence electrons. The van der Waals surface area contributed by atoms with E-state index in [2.05, 4.69) is 20.7 Å². The first-order chi connectivity index (χ1) is 10.2. The van der Waals surface area contributed by atoms with Gasteiger partial charge in [-0.1, -0.05) is 12.1 Å². The maximum Gasteiger partial charge on any atom is 0.407 e. The van der Waals surface area contributed by atoms with Crippen molar-refractivity contribution in [2.24, 2.45) is 0 Å². The number of amides is 3. The zero-order chi connectivity index (χ0) is 15.5. The van der Waals surface area contributed by atoms with Gasteiger partial charge in [-0.2, -0.15) is 0 Å². The number of ether oxygens (including phenoxy) is 2. The molecule has 1 aromatic rings. The molecule has 0 bridgehead atoms. The minimum Gasteiger partial charge on any atom is -0.497 e. The van der Waals surface area contributed by atoms with Crippen LogP contribution in [0.3, 0.4) is 0 Å². The van der Waals surface area contributed by atoms with Gasteiger partial charge in [0.25, 0.3) is 0 Å². The molecule has 0 aliphatic heterocycles. The van der Waals surface area contributed by atoms with Crippen molar-refractivity contribution in [2.75, 3.05) is 26.8 Å². The maximum atomic E-state index is 11.5. The third-order valence-corrected chi connectivity index (χ3v) is 2.57. The average Bonchev–Trinajstić information content (AvgIpc) is 2.50. The standard InChI is InChI=1S/C14H21N3O4/c1-3-21-14(19)16-9-8-15-13(18)17-10-11-4-6-12(20-2)7-5-11/h4-7H,3,8-10H2,1-2H3,(H,16,19)(H2,15,17,18). The predicted octanol–water partition coefficient (Wildman–Crippen LogP) is 1.24. The first-order valence-corrected chi connectivity index (χ1v) is 6.71. The number of methoxy groups -OCH3 is 1. The van der Waals surface area contributed by atoms with E-state index in [1.54, 1.807) is 14.0 Å². The Morgan fingerprint density at radius 3 is 2.33 bits per heavy atom. The zero-order valence-corrected chi connectivity index (χ0v) is 12.3. The van der Waals surface area contributed by atoms with Crippen molar-refractivity contribution >= 4 is 12.1 Å². The van der Waals surface area contributed by atoms with E-state index in [4.69, 9.17) is 4.74 Å². The van der Waals surface area contributed by atoms with Gasteiger partial charge in [0.2, 0.25) is 0 Å². The minimum atomic E-state index is -0.488. The Hall–Kier alpha value is -2.44. The molecule has 0 heterocycles. The van der Waals surface area contributed by atoms with Crippen molar-refractivity contribution in [1.29, 1.82) is 0 Å². The molecule has 0 unspecified atom stereocenters. The van der Waals surface area contributed by atoms with Crippen molar-refractivity contribution in [3.63, 3.8) is 0 Å². The van der Waals surface area contributed by atoms with Crippen LogP contribution in [-0.2, 0) is 11.3 Å². The molecule has 0 aliphatic carbocycles. The number of urea groups is 1. The fourth-order valence-corrected chi connectivity index (χ4v) is 1.51. The molecule has 0 radical (unpaired) electrons. The summed E-state index contributed by atoms with van der Waals surface area (Å²) in [6.45, 7) is 3.11. The molecule has 0 saturated heterocycles. The van der Waals surface area contributed by atoms with Crippen LogP contribution in [0, 0.1) is 0 Å². The van der Waals surface area contributed by atoms with Gasteiger partial charge in [0.05, 0.1) is 13.7 Å². The van der Waals surface area contributed by atoms with Gasteiger partial charge in [-0.15, -0.1) is 0 Å². The van der Waals surface area contributed by atoms with Crippen LogP contribution in [0.1, 0.15) is 12.5 Å². The van der Waals surface area contributed by atoms with Gasteiger partial charge in [0.15, 0.2) is 0 Å². The third-order valence-electron chi connectivity index (χ3n) is 2.57. The van der Waals surface area contributed by atoms with E-state index in [0.29, 0.717) is 26.2 Å².